The van der Waals surface area contributed by atoms with Crippen molar-refractivity contribution >= 4 is 49.9 Å². The largest absolute Gasteiger partial charge is 0.271 e. The number of halogens is 1. The van der Waals surface area contributed by atoms with Gasteiger partial charge in [0.2, 0.25) is 0 Å². The van der Waals surface area contributed by atoms with Crippen LogP contribution in [0.2, 0.25) is 0 Å². The minimum Gasteiger partial charge on any atom is -0.271 e. The van der Waals surface area contributed by atoms with Gasteiger partial charge in [-0.05, 0) is 96.0 Å². The standard InChI is InChI=1S/C24H30IN3O3S/c1-24(2,3)18-9-13-20(14-10-18)26-27-23(29)17-28(21-15-11-19(25)12-16-21)32(30,31)22-7-5-4-6-8-22/h4-8,11-12,15-16,18H,9-10,13-14,17H2,1-3H3,(H,27,29). The molecular formula is C24H30IN3O3S. The first-order valence-electron chi connectivity index (χ1n) is 10.7. The van der Waals surface area contributed by atoms with Crippen molar-refractivity contribution in [1.82, 2.24) is 5.43 Å². The van der Waals surface area contributed by atoms with Crippen LogP contribution in [0.25, 0.3) is 0 Å². The molecule has 2 aromatic rings. The number of anilines is 1. The highest BCUT2D eigenvalue weighted by Gasteiger charge is 2.29. The van der Waals surface area contributed by atoms with Crippen molar-refractivity contribution in [2.75, 3.05) is 10.8 Å². The molecule has 0 saturated heterocycles. The number of nitrogens with zero attached hydrogens (tertiary/aromatic N) is 2. The molecule has 0 heterocycles. The van der Waals surface area contributed by atoms with Crippen LogP contribution in [0.1, 0.15) is 46.5 Å². The fourth-order valence-electron chi connectivity index (χ4n) is 3.88. The van der Waals surface area contributed by atoms with Gasteiger partial charge in [-0.1, -0.05) is 39.0 Å². The number of carbonyl (C=O) groups excluding carboxylic acids is 1. The Hall–Kier alpha value is -1.94. The molecule has 0 aliphatic heterocycles. The summed E-state index contributed by atoms with van der Waals surface area (Å²) in [7, 11) is -3.91. The summed E-state index contributed by atoms with van der Waals surface area (Å²) in [5.41, 5.74) is 4.25. The van der Waals surface area contributed by atoms with Gasteiger partial charge in [-0.3, -0.25) is 9.10 Å². The molecule has 6 nitrogen and oxygen atoms in total. The van der Waals surface area contributed by atoms with E-state index in [2.05, 4.69) is 53.9 Å². The van der Waals surface area contributed by atoms with E-state index in [1.807, 2.05) is 12.1 Å². The van der Waals surface area contributed by atoms with Crippen molar-refractivity contribution < 1.29 is 13.2 Å². The van der Waals surface area contributed by atoms with Gasteiger partial charge in [0.25, 0.3) is 15.9 Å². The smallest absolute Gasteiger partial charge is 0.264 e. The van der Waals surface area contributed by atoms with Crippen LogP contribution in [0.3, 0.4) is 0 Å². The lowest BCUT2D eigenvalue weighted by Gasteiger charge is -2.34. The van der Waals surface area contributed by atoms with E-state index >= 15 is 0 Å². The van der Waals surface area contributed by atoms with Crippen molar-refractivity contribution in [1.29, 1.82) is 0 Å². The van der Waals surface area contributed by atoms with Crippen LogP contribution in [-0.2, 0) is 14.8 Å². The van der Waals surface area contributed by atoms with E-state index in [0.29, 0.717) is 11.6 Å². The Morgan fingerprint density at radius 2 is 1.66 bits per heavy atom. The maximum atomic E-state index is 13.3. The van der Waals surface area contributed by atoms with Gasteiger partial charge in [0.15, 0.2) is 0 Å². The number of sulfonamides is 1. The van der Waals surface area contributed by atoms with Gasteiger partial charge in [-0.15, -0.1) is 0 Å². The number of benzene rings is 2. The van der Waals surface area contributed by atoms with Crippen LogP contribution in [0.5, 0.6) is 0 Å². The third-order valence-corrected chi connectivity index (χ3v) is 8.37. The summed E-state index contributed by atoms with van der Waals surface area (Å²) in [6.07, 6.45) is 3.81. The summed E-state index contributed by atoms with van der Waals surface area (Å²) in [6.45, 7) is 6.43. The second-order valence-electron chi connectivity index (χ2n) is 9.15. The van der Waals surface area contributed by atoms with Crippen molar-refractivity contribution in [3.8, 4) is 0 Å². The lowest BCUT2D eigenvalue weighted by molar-refractivity contribution is -0.119. The fraction of sp³-hybridized carbons (Fsp3) is 0.417. The van der Waals surface area contributed by atoms with Gasteiger partial charge >= 0.3 is 0 Å². The van der Waals surface area contributed by atoms with Crippen LogP contribution in [0.4, 0.5) is 5.69 Å². The lowest BCUT2D eigenvalue weighted by Crippen LogP contribution is -2.40. The predicted molar refractivity (Wildman–Crippen MR) is 137 cm³/mol. The van der Waals surface area contributed by atoms with Gasteiger partial charge in [-0.25, -0.2) is 13.8 Å². The molecule has 0 aromatic heterocycles. The number of hydrazone groups is 1. The third kappa shape index (κ3) is 6.31. The Bertz CT molecular complexity index is 1050. The zero-order valence-electron chi connectivity index (χ0n) is 18.7. The first kappa shape index (κ1) is 24.7. The Morgan fingerprint density at radius 3 is 2.22 bits per heavy atom. The van der Waals surface area contributed by atoms with Gasteiger partial charge < -0.3 is 0 Å². The Morgan fingerprint density at radius 1 is 1.06 bits per heavy atom. The number of carbonyl (C=O) groups is 1. The molecule has 0 unspecified atom stereocenters. The van der Waals surface area contributed by atoms with Gasteiger partial charge in [0.1, 0.15) is 6.54 Å². The Labute approximate surface area is 204 Å². The molecule has 1 aliphatic carbocycles. The quantitative estimate of drug-likeness (QED) is 0.385. The molecule has 8 heteroatoms. The van der Waals surface area contributed by atoms with Gasteiger partial charge in [-0.2, -0.15) is 5.10 Å². The van der Waals surface area contributed by atoms with Crippen LogP contribution in [0.15, 0.2) is 64.6 Å². The van der Waals surface area contributed by atoms with E-state index in [0.717, 1.165) is 39.3 Å². The summed E-state index contributed by atoms with van der Waals surface area (Å²) in [5, 5.41) is 4.31. The fourth-order valence-corrected chi connectivity index (χ4v) is 5.68. The molecule has 0 atom stereocenters. The number of hydrogen-bond acceptors (Lipinski definition) is 4. The topological polar surface area (TPSA) is 78.8 Å². The maximum Gasteiger partial charge on any atom is 0.264 e. The van der Waals surface area contributed by atoms with E-state index in [1.54, 1.807) is 30.3 Å². The first-order valence-corrected chi connectivity index (χ1v) is 13.3. The maximum absolute atomic E-state index is 13.3. The molecule has 1 N–H and O–H groups in total. The number of nitrogens with one attached hydrogen (secondary N) is 1. The monoisotopic (exact) mass is 567 g/mol. The van der Waals surface area contributed by atoms with E-state index in [9.17, 15) is 13.2 Å². The van der Waals surface area contributed by atoms with Crippen molar-refractivity contribution in [2.24, 2.45) is 16.4 Å². The molecule has 2 aromatic carbocycles. The van der Waals surface area contributed by atoms with Crippen LogP contribution < -0.4 is 9.73 Å². The Balaban J connectivity index is 1.74. The van der Waals surface area contributed by atoms with E-state index < -0.39 is 15.9 Å². The third-order valence-electron chi connectivity index (χ3n) is 5.86. The average molecular weight is 567 g/mol. The first-order chi connectivity index (χ1) is 15.1. The van der Waals surface area contributed by atoms with Gasteiger partial charge in [0.05, 0.1) is 10.6 Å². The molecule has 3 rings (SSSR count). The van der Waals surface area contributed by atoms with Crippen molar-refractivity contribution in [2.45, 2.75) is 51.3 Å². The van der Waals surface area contributed by atoms with Crippen molar-refractivity contribution in [3.05, 3.63) is 58.2 Å². The predicted octanol–water partition coefficient (Wildman–Crippen LogP) is 5.20. The number of hydrogen-bond donors (Lipinski definition) is 1. The van der Waals surface area contributed by atoms with E-state index in [-0.39, 0.29) is 16.9 Å². The zero-order valence-corrected chi connectivity index (χ0v) is 21.7. The minimum absolute atomic E-state index is 0.137. The highest BCUT2D eigenvalue weighted by atomic mass is 127. The molecule has 0 spiro atoms. The molecule has 0 radical (unpaired) electrons. The molecule has 1 fully saturated rings. The van der Waals surface area contributed by atoms with Crippen molar-refractivity contribution in [3.63, 3.8) is 0 Å². The molecule has 1 aliphatic rings. The Kier molecular flexibility index (Phi) is 7.97. The molecule has 1 amide bonds. The highest BCUT2D eigenvalue weighted by Crippen LogP contribution is 2.36. The lowest BCUT2D eigenvalue weighted by atomic mass is 9.72. The zero-order chi connectivity index (χ0) is 23.4. The SMILES string of the molecule is CC(C)(C)C1CCC(=NNC(=O)CN(c2ccc(I)cc2)S(=O)(=O)c2ccccc2)CC1. The van der Waals surface area contributed by atoms with Crippen LogP contribution in [-0.4, -0.2) is 26.6 Å². The van der Waals surface area contributed by atoms with Gasteiger partial charge in [0, 0.05) is 9.28 Å². The summed E-state index contributed by atoms with van der Waals surface area (Å²) in [4.78, 5) is 12.8. The second kappa shape index (κ2) is 10.3. The molecule has 172 valence electrons. The molecule has 32 heavy (non-hydrogen) atoms. The summed E-state index contributed by atoms with van der Waals surface area (Å²) < 4.78 is 28.7. The van der Waals surface area contributed by atoms with E-state index in [4.69, 9.17) is 0 Å². The minimum atomic E-state index is -3.91. The normalized spacial score (nSPS) is 17.0. The number of rotatable bonds is 6. The number of amides is 1. The van der Waals surface area contributed by atoms with Crippen LogP contribution in [0, 0.1) is 14.9 Å². The highest BCUT2D eigenvalue weighted by molar-refractivity contribution is 14.1. The van der Waals surface area contributed by atoms with Crippen LogP contribution >= 0.6 is 22.6 Å². The molecule has 0 bridgehead atoms. The molecular weight excluding hydrogens is 537 g/mol. The summed E-state index contributed by atoms with van der Waals surface area (Å²) >= 11 is 2.16. The summed E-state index contributed by atoms with van der Waals surface area (Å²) in [6, 6.07) is 15.2. The average Bonchev–Trinajstić information content (AvgIpc) is 2.77. The second-order valence-corrected chi connectivity index (χ2v) is 12.3. The molecule has 1 saturated carbocycles. The summed E-state index contributed by atoms with van der Waals surface area (Å²) in [5.74, 6) is 0.179. The van der Waals surface area contributed by atoms with E-state index in [1.165, 1.54) is 12.1 Å².